The van der Waals surface area contributed by atoms with Gasteiger partial charge in [0.15, 0.2) is 11.6 Å². The van der Waals surface area contributed by atoms with Crippen LogP contribution >= 0.6 is 0 Å². The van der Waals surface area contributed by atoms with Crippen molar-refractivity contribution in [2.75, 3.05) is 6.54 Å². The first kappa shape index (κ1) is 29.3. The number of carbonyl (C=O) groups is 1. The molecule has 0 saturated heterocycles. The molecule has 2 heterocycles. The monoisotopic (exact) mass is 587 g/mol. The third-order valence-corrected chi connectivity index (χ3v) is 13.3. The van der Waals surface area contributed by atoms with Crippen molar-refractivity contribution in [3.63, 3.8) is 0 Å². The summed E-state index contributed by atoms with van der Waals surface area (Å²) in [5.74, 6) is 4.51. The van der Waals surface area contributed by atoms with Crippen molar-refractivity contribution in [1.29, 1.82) is 0 Å². The van der Waals surface area contributed by atoms with E-state index in [0.29, 0.717) is 65.9 Å². The number of halogens is 1. The largest absolute Gasteiger partial charge is 0.329 e. The lowest BCUT2D eigenvalue weighted by Crippen LogP contribution is -2.58. The van der Waals surface area contributed by atoms with Gasteiger partial charge in [-0.1, -0.05) is 46.1 Å². The summed E-state index contributed by atoms with van der Waals surface area (Å²) in [7, 11) is 0. The minimum absolute atomic E-state index is 0.208. The van der Waals surface area contributed by atoms with Crippen LogP contribution in [0.25, 0.3) is 11.5 Å². The van der Waals surface area contributed by atoms with Crippen LogP contribution in [0.4, 0.5) is 4.39 Å². The van der Waals surface area contributed by atoms with Gasteiger partial charge < -0.3 is 10.3 Å². The van der Waals surface area contributed by atoms with Gasteiger partial charge in [0.1, 0.15) is 17.3 Å². The fourth-order valence-corrected chi connectivity index (χ4v) is 11.7. The molecule has 0 radical (unpaired) electrons. The molecular formula is C36H50FN5O. The van der Waals surface area contributed by atoms with Crippen LogP contribution in [-0.4, -0.2) is 32.1 Å². The molecule has 7 atom stereocenters. The van der Waals surface area contributed by atoms with E-state index in [0.717, 1.165) is 29.7 Å². The summed E-state index contributed by atoms with van der Waals surface area (Å²) in [6.07, 6.45) is 15.6. The third-order valence-electron chi connectivity index (χ3n) is 13.3. The lowest BCUT2D eigenvalue weighted by atomic mass is 9.39. The van der Waals surface area contributed by atoms with Crippen LogP contribution in [0.5, 0.6) is 0 Å². The van der Waals surface area contributed by atoms with Gasteiger partial charge in [0.25, 0.3) is 0 Å². The van der Waals surface area contributed by atoms with Crippen molar-refractivity contribution in [2.45, 2.75) is 111 Å². The number of nitrogens with zero attached hydrogens (tertiary/aromatic N) is 4. The van der Waals surface area contributed by atoms with Gasteiger partial charge in [-0.25, -0.2) is 9.37 Å². The molecule has 0 aliphatic heterocycles. The Morgan fingerprint density at radius 3 is 2.60 bits per heavy atom. The van der Waals surface area contributed by atoms with E-state index in [1.165, 1.54) is 75.6 Å². The van der Waals surface area contributed by atoms with Gasteiger partial charge in [0.05, 0.1) is 6.20 Å². The topological polar surface area (TPSA) is 86.7 Å². The van der Waals surface area contributed by atoms with Crippen LogP contribution in [0.1, 0.15) is 104 Å². The highest BCUT2D eigenvalue weighted by Crippen LogP contribution is 2.71. The molecule has 5 aliphatic carbocycles. The summed E-state index contributed by atoms with van der Waals surface area (Å²) in [6, 6.07) is 3.06. The molecule has 0 spiro atoms. The highest BCUT2D eigenvalue weighted by molar-refractivity contribution is 6.00. The molecule has 6 nitrogen and oxygen atoms in total. The number of pyridine rings is 1. The Hall–Kier alpha value is -2.41. The van der Waals surface area contributed by atoms with Crippen molar-refractivity contribution >= 4 is 5.78 Å². The molecule has 2 aromatic rings. The Kier molecular flexibility index (Phi) is 7.22. The molecule has 4 saturated carbocycles. The molecule has 0 bridgehead atoms. The summed E-state index contributed by atoms with van der Waals surface area (Å²) < 4.78 is 15.7. The maximum Gasteiger partial charge on any atom is 0.182 e. The van der Waals surface area contributed by atoms with Crippen molar-refractivity contribution in [2.24, 2.45) is 51.6 Å². The first-order valence-electron chi connectivity index (χ1n) is 17.1. The summed E-state index contributed by atoms with van der Waals surface area (Å²) in [6.45, 7) is 10.7. The molecule has 0 amide bonds. The predicted molar refractivity (Wildman–Crippen MR) is 166 cm³/mol. The minimum Gasteiger partial charge on any atom is -0.329 e. The Balaban J connectivity index is 1.27. The molecule has 5 aliphatic rings. The van der Waals surface area contributed by atoms with Gasteiger partial charge in [0, 0.05) is 31.3 Å². The van der Waals surface area contributed by atoms with Gasteiger partial charge in [-0.2, -0.15) is 0 Å². The molecule has 0 aromatic carbocycles. The van der Waals surface area contributed by atoms with E-state index in [2.05, 4.69) is 42.3 Å². The predicted octanol–water partition coefficient (Wildman–Crippen LogP) is 7.33. The quantitative estimate of drug-likeness (QED) is 0.383. The first-order valence-corrected chi connectivity index (χ1v) is 17.1. The standard InChI is InChI=1S/C36H50FN5O/c1-22(2)31-28(43)19-36(20-30-40-41-33(42(30)18-17-38)27-10-8-24(37)21-39-27)16-13-26-25(32(31)36)9-11-29-34(3)14-6-5-7-23(34)12-15-35(26,29)4/h8,10,21-23,25-26,29H,5-7,9,11-20,38H2,1-4H3. The number of hydrogen-bond acceptors (Lipinski definition) is 5. The number of fused-ring (bicyclic) bond motifs is 7. The van der Waals surface area contributed by atoms with Crippen LogP contribution in [-0.2, 0) is 17.8 Å². The van der Waals surface area contributed by atoms with Gasteiger partial charge in [-0.3, -0.25) is 4.79 Å². The molecule has 7 heteroatoms. The highest BCUT2D eigenvalue weighted by atomic mass is 19.1. The van der Waals surface area contributed by atoms with Gasteiger partial charge >= 0.3 is 0 Å². The maximum atomic E-state index is 14.0. The number of carbonyl (C=O) groups excluding carboxylic acids is 1. The van der Waals surface area contributed by atoms with Gasteiger partial charge in [-0.05, 0) is 109 Å². The zero-order chi connectivity index (χ0) is 30.1. The lowest BCUT2D eigenvalue weighted by Gasteiger charge is -2.66. The van der Waals surface area contributed by atoms with Crippen LogP contribution in [0, 0.1) is 51.7 Å². The zero-order valence-corrected chi connectivity index (χ0v) is 26.7. The van der Waals surface area contributed by atoms with E-state index >= 15 is 0 Å². The summed E-state index contributed by atoms with van der Waals surface area (Å²) in [4.78, 5) is 18.3. The van der Waals surface area contributed by atoms with Crippen LogP contribution in [0.15, 0.2) is 29.5 Å². The van der Waals surface area contributed by atoms with E-state index in [4.69, 9.17) is 10.8 Å². The van der Waals surface area contributed by atoms with Crippen LogP contribution < -0.4 is 5.73 Å². The molecule has 4 fully saturated rings. The normalized spacial score (nSPS) is 37.2. The molecule has 7 rings (SSSR count). The number of rotatable bonds is 6. The van der Waals surface area contributed by atoms with Crippen molar-refractivity contribution < 1.29 is 9.18 Å². The first-order chi connectivity index (χ1) is 20.6. The molecular weight excluding hydrogens is 537 g/mol. The molecule has 43 heavy (non-hydrogen) atoms. The Bertz CT molecular complexity index is 1430. The van der Waals surface area contributed by atoms with E-state index in [9.17, 15) is 9.18 Å². The second-order valence-electron chi connectivity index (χ2n) is 15.7. The van der Waals surface area contributed by atoms with Crippen molar-refractivity contribution in [1.82, 2.24) is 19.7 Å². The summed E-state index contributed by atoms with van der Waals surface area (Å²) in [5.41, 5.74) is 9.91. The summed E-state index contributed by atoms with van der Waals surface area (Å²) in [5, 5.41) is 9.25. The fraction of sp³-hybridized carbons (Fsp3) is 0.722. The van der Waals surface area contributed by atoms with E-state index in [1.807, 2.05) is 0 Å². The van der Waals surface area contributed by atoms with E-state index in [-0.39, 0.29) is 17.2 Å². The van der Waals surface area contributed by atoms with Crippen molar-refractivity contribution in [3.8, 4) is 11.5 Å². The second-order valence-corrected chi connectivity index (χ2v) is 15.7. The number of nitrogens with two attached hydrogens (primary N) is 1. The Morgan fingerprint density at radius 2 is 1.86 bits per heavy atom. The van der Waals surface area contributed by atoms with E-state index in [1.54, 1.807) is 6.07 Å². The number of ketones is 1. The Morgan fingerprint density at radius 1 is 1.02 bits per heavy atom. The van der Waals surface area contributed by atoms with Gasteiger partial charge in [-0.15, -0.1) is 10.2 Å². The summed E-state index contributed by atoms with van der Waals surface area (Å²) >= 11 is 0. The van der Waals surface area contributed by atoms with Gasteiger partial charge in [0.2, 0.25) is 0 Å². The number of hydrogen-bond donors (Lipinski definition) is 1. The fourth-order valence-electron chi connectivity index (χ4n) is 11.7. The SMILES string of the molecule is CC(C)C1=C2C3CCC4C5(C)CCCCC5CCC4(C)C3CCC2(Cc2nnc(-c3ccc(F)cn3)n2CCN)CC1=O. The van der Waals surface area contributed by atoms with Crippen LogP contribution in [0.2, 0.25) is 0 Å². The molecule has 2 N–H and O–H groups in total. The average Bonchev–Trinajstić information content (AvgIpc) is 3.50. The zero-order valence-electron chi connectivity index (χ0n) is 26.7. The average molecular weight is 588 g/mol. The maximum absolute atomic E-state index is 14.0. The number of allylic oxidation sites excluding steroid dienone is 2. The van der Waals surface area contributed by atoms with Crippen LogP contribution in [0.3, 0.4) is 0 Å². The Labute approximate surface area is 256 Å². The highest BCUT2D eigenvalue weighted by Gasteiger charge is 2.63. The molecule has 7 unspecified atom stereocenters. The van der Waals surface area contributed by atoms with E-state index < -0.39 is 0 Å². The molecule has 2 aromatic heterocycles. The minimum atomic E-state index is -0.376. The lowest BCUT2D eigenvalue weighted by molar-refractivity contribution is -0.150. The third kappa shape index (κ3) is 4.41. The number of Topliss-reactive ketones (excluding diaryl/α,β-unsaturated/α-hetero) is 1. The molecule has 232 valence electrons. The number of aromatic nitrogens is 4. The smallest absolute Gasteiger partial charge is 0.182 e. The van der Waals surface area contributed by atoms with Crippen molar-refractivity contribution in [3.05, 3.63) is 41.1 Å². The second kappa shape index (κ2) is 10.6.